The predicted molar refractivity (Wildman–Crippen MR) is 117 cm³/mol. The van der Waals surface area contributed by atoms with Crippen LogP contribution < -0.4 is 14.2 Å². The van der Waals surface area contributed by atoms with Crippen molar-refractivity contribution in [3.05, 3.63) is 90.0 Å². The summed E-state index contributed by atoms with van der Waals surface area (Å²) in [6.07, 6.45) is -2.58. The van der Waals surface area contributed by atoms with Gasteiger partial charge in [0.05, 0.1) is 5.57 Å². The van der Waals surface area contributed by atoms with Crippen LogP contribution in [0.2, 0.25) is 0 Å². The minimum absolute atomic E-state index is 0.0544. The molecule has 0 aliphatic carbocycles. The van der Waals surface area contributed by atoms with Gasteiger partial charge < -0.3 is 14.2 Å². The summed E-state index contributed by atoms with van der Waals surface area (Å²) in [5.41, 5.74) is 0.257. The van der Waals surface area contributed by atoms with Crippen LogP contribution in [-0.4, -0.2) is 12.0 Å². The number of hydrogen-bond donors (Lipinski definition) is 0. The van der Waals surface area contributed by atoms with Crippen LogP contribution in [0.5, 0.6) is 23.0 Å². The lowest BCUT2D eigenvalue weighted by molar-refractivity contribution is -0.0690. The van der Waals surface area contributed by atoms with Gasteiger partial charge in [-0.15, -0.1) is 0 Å². The van der Waals surface area contributed by atoms with Crippen molar-refractivity contribution >= 4 is 5.57 Å². The highest BCUT2D eigenvalue weighted by atomic mass is 19.4. The minimum Gasteiger partial charge on any atom is -0.457 e. The molecule has 0 unspecified atom stereocenters. The molecular weight excluding hydrogens is 417 g/mol. The van der Waals surface area contributed by atoms with E-state index in [2.05, 4.69) is 0 Å². The van der Waals surface area contributed by atoms with Crippen molar-refractivity contribution in [2.75, 3.05) is 0 Å². The van der Waals surface area contributed by atoms with Gasteiger partial charge in [0.1, 0.15) is 11.5 Å². The normalized spacial score (nSPS) is 15.0. The van der Waals surface area contributed by atoms with Gasteiger partial charge in [-0.1, -0.05) is 42.5 Å². The molecule has 0 fully saturated rings. The van der Waals surface area contributed by atoms with Crippen molar-refractivity contribution in [1.82, 2.24) is 0 Å². The number of benzene rings is 3. The molecule has 0 amide bonds. The van der Waals surface area contributed by atoms with E-state index in [0.717, 1.165) is 5.56 Å². The van der Waals surface area contributed by atoms with Crippen LogP contribution in [0.25, 0.3) is 5.57 Å². The smallest absolute Gasteiger partial charge is 0.416 e. The maximum Gasteiger partial charge on any atom is 0.416 e. The van der Waals surface area contributed by atoms with Crippen molar-refractivity contribution < 1.29 is 27.4 Å². The van der Waals surface area contributed by atoms with Crippen molar-refractivity contribution in [3.63, 3.8) is 0 Å². The standard InChI is InChI=1S/C26H23F3O3/c1-25(2)31-23-15-14-19(17-24(23)32-25)22(26(27,28)29)13-7-9-18-8-6-12-21(16-18)30-20-10-4-3-5-11-20/h3-6,8,10-17H,7,9H2,1-2H3/b22-13+. The van der Waals surface area contributed by atoms with Crippen LogP contribution in [0.1, 0.15) is 31.4 Å². The molecule has 0 bridgehead atoms. The Kier molecular flexibility index (Phi) is 5.87. The van der Waals surface area contributed by atoms with E-state index in [1.54, 1.807) is 13.8 Å². The number of allylic oxidation sites excluding steroid dienone is 2. The van der Waals surface area contributed by atoms with Gasteiger partial charge in [-0.3, -0.25) is 0 Å². The topological polar surface area (TPSA) is 27.7 Å². The molecule has 0 N–H and O–H groups in total. The Bertz CT molecular complexity index is 1120. The fourth-order valence-electron chi connectivity index (χ4n) is 3.56. The summed E-state index contributed by atoms with van der Waals surface area (Å²) in [6.45, 7) is 3.42. The Hall–Kier alpha value is -3.41. The quantitative estimate of drug-likeness (QED) is 0.396. The van der Waals surface area contributed by atoms with Gasteiger partial charge >= 0.3 is 6.18 Å². The van der Waals surface area contributed by atoms with E-state index in [-0.39, 0.29) is 12.0 Å². The molecule has 3 aromatic rings. The van der Waals surface area contributed by atoms with Crippen molar-refractivity contribution in [3.8, 4) is 23.0 Å². The number of halogens is 3. The zero-order valence-corrected chi connectivity index (χ0v) is 17.8. The minimum atomic E-state index is -4.48. The second-order valence-electron chi connectivity index (χ2n) is 7.98. The van der Waals surface area contributed by atoms with Gasteiger partial charge in [0.15, 0.2) is 11.5 Å². The second kappa shape index (κ2) is 8.61. The van der Waals surface area contributed by atoms with Crippen LogP contribution in [0.15, 0.2) is 78.9 Å². The highest BCUT2D eigenvalue weighted by Gasteiger charge is 2.37. The van der Waals surface area contributed by atoms with Crippen LogP contribution >= 0.6 is 0 Å². The first-order valence-corrected chi connectivity index (χ1v) is 10.3. The molecule has 0 saturated heterocycles. The van der Waals surface area contributed by atoms with Gasteiger partial charge in [-0.25, -0.2) is 0 Å². The molecule has 32 heavy (non-hydrogen) atoms. The first-order valence-electron chi connectivity index (χ1n) is 10.3. The maximum atomic E-state index is 13.8. The lowest BCUT2D eigenvalue weighted by Gasteiger charge is -2.16. The molecule has 0 spiro atoms. The Balaban J connectivity index is 1.49. The van der Waals surface area contributed by atoms with Gasteiger partial charge in [0, 0.05) is 13.8 Å². The fourth-order valence-corrected chi connectivity index (χ4v) is 3.56. The number of hydrogen-bond acceptors (Lipinski definition) is 3. The van der Waals surface area contributed by atoms with Crippen molar-refractivity contribution in [2.45, 2.75) is 38.7 Å². The average Bonchev–Trinajstić information content (AvgIpc) is 3.04. The Morgan fingerprint density at radius 2 is 1.59 bits per heavy atom. The summed E-state index contributed by atoms with van der Waals surface area (Å²) in [4.78, 5) is 0. The number of ether oxygens (including phenoxy) is 3. The van der Waals surface area contributed by atoms with Gasteiger partial charge in [0.25, 0.3) is 0 Å². The first-order chi connectivity index (χ1) is 15.2. The number of rotatable bonds is 6. The molecule has 1 aliphatic rings. The molecule has 4 rings (SSSR count). The lowest BCUT2D eigenvalue weighted by atomic mass is 10.0. The Labute approximate surface area is 185 Å². The van der Waals surface area contributed by atoms with E-state index in [1.807, 2.05) is 54.6 Å². The molecular formula is C26H23F3O3. The summed E-state index contributed by atoms with van der Waals surface area (Å²) < 4.78 is 58.3. The van der Waals surface area contributed by atoms with E-state index in [9.17, 15) is 13.2 Å². The number of alkyl halides is 3. The van der Waals surface area contributed by atoms with E-state index in [4.69, 9.17) is 14.2 Å². The van der Waals surface area contributed by atoms with Gasteiger partial charge in [0.2, 0.25) is 5.79 Å². The third-order valence-corrected chi connectivity index (χ3v) is 4.93. The van der Waals surface area contributed by atoms with Crippen LogP contribution in [0.4, 0.5) is 13.2 Å². The fraction of sp³-hybridized carbons (Fsp3) is 0.231. The third kappa shape index (κ3) is 5.25. The first kappa shape index (κ1) is 21.8. The van der Waals surface area contributed by atoms with Crippen LogP contribution in [-0.2, 0) is 6.42 Å². The third-order valence-electron chi connectivity index (χ3n) is 4.93. The van der Waals surface area contributed by atoms with Crippen LogP contribution in [0, 0.1) is 0 Å². The summed E-state index contributed by atoms with van der Waals surface area (Å²) >= 11 is 0. The summed E-state index contributed by atoms with van der Waals surface area (Å²) in [7, 11) is 0. The number of para-hydroxylation sites is 1. The number of fused-ring (bicyclic) bond motifs is 1. The molecule has 3 nitrogen and oxygen atoms in total. The Morgan fingerprint density at radius 1 is 0.875 bits per heavy atom. The molecule has 0 radical (unpaired) electrons. The average molecular weight is 440 g/mol. The highest BCUT2D eigenvalue weighted by Crippen LogP contribution is 2.43. The lowest BCUT2D eigenvalue weighted by Crippen LogP contribution is -2.29. The Morgan fingerprint density at radius 3 is 2.34 bits per heavy atom. The van der Waals surface area contributed by atoms with Crippen molar-refractivity contribution in [2.24, 2.45) is 0 Å². The zero-order valence-electron chi connectivity index (χ0n) is 17.8. The summed E-state index contributed by atoms with van der Waals surface area (Å²) in [5, 5.41) is 0. The highest BCUT2D eigenvalue weighted by molar-refractivity contribution is 5.72. The predicted octanol–water partition coefficient (Wildman–Crippen LogP) is 7.56. The molecule has 0 aromatic heterocycles. The molecule has 3 aromatic carbocycles. The molecule has 0 saturated carbocycles. The summed E-state index contributed by atoms with van der Waals surface area (Å²) in [6, 6.07) is 21.0. The maximum absolute atomic E-state index is 13.8. The monoisotopic (exact) mass is 440 g/mol. The van der Waals surface area contributed by atoms with E-state index >= 15 is 0 Å². The van der Waals surface area contributed by atoms with E-state index < -0.39 is 17.5 Å². The zero-order chi connectivity index (χ0) is 22.8. The molecule has 166 valence electrons. The molecule has 1 aliphatic heterocycles. The second-order valence-corrected chi connectivity index (χ2v) is 7.98. The number of aryl methyl sites for hydroxylation is 1. The van der Waals surface area contributed by atoms with Gasteiger partial charge in [-0.05, 0) is 60.4 Å². The largest absolute Gasteiger partial charge is 0.457 e. The van der Waals surface area contributed by atoms with Crippen LogP contribution in [0.3, 0.4) is 0 Å². The summed E-state index contributed by atoms with van der Waals surface area (Å²) in [5.74, 6) is 1.21. The SMILES string of the molecule is CC1(C)Oc2ccc(/C(=C\CCc3cccc(Oc4ccccc4)c3)C(F)(F)F)cc2O1. The molecule has 0 atom stereocenters. The van der Waals surface area contributed by atoms with E-state index in [1.165, 1.54) is 24.3 Å². The van der Waals surface area contributed by atoms with E-state index in [0.29, 0.717) is 29.4 Å². The molecule has 6 heteroatoms. The van der Waals surface area contributed by atoms with Crippen molar-refractivity contribution in [1.29, 1.82) is 0 Å². The molecule has 1 heterocycles. The van der Waals surface area contributed by atoms with Gasteiger partial charge in [-0.2, -0.15) is 13.2 Å².